The van der Waals surface area contributed by atoms with Crippen molar-refractivity contribution in [3.63, 3.8) is 0 Å². The van der Waals surface area contributed by atoms with E-state index in [0.717, 1.165) is 19.8 Å². The summed E-state index contributed by atoms with van der Waals surface area (Å²) in [6, 6.07) is 3.93. The number of alkyl halides is 1. The van der Waals surface area contributed by atoms with E-state index in [2.05, 4.69) is 21.3 Å². The van der Waals surface area contributed by atoms with Gasteiger partial charge in [0, 0.05) is 9.75 Å². The van der Waals surface area contributed by atoms with Gasteiger partial charge in [-0.1, -0.05) is 39.1 Å². The van der Waals surface area contributed by atoms with Crippen molar-refractivity contribution < 1.29 is 0 Å². The van der Waals surface area contributed by atoms with Crippen LogP contribution in [0.4, 0.5) is 0 Å². The van der Waals surface area contributed by atoms with Crippen LogP contribution in [-0.2, 0) is 0 Å². The molecular weight excluding hydrogens is 335 g/mol. The highest BCUT2D eigenvalue weighted by molar-refractivity contribution is 9.09. The molecule has 0 fully saturated rings. The van der Waals surface area contributed by atoms with Gasteiger partial charge in [0.1, 0.15) is 0 Å². The summed E-state index contributed by atoms with van der Waals surface area (Å²) >= 11 is 19.0. The summed E-state index contributed by atoms with van der Waals surface area (Å²) in [5, 5.41) is 2.92. The average molecular weight is 342 g/mol. The third-order valence-corrected chi connectivity index (χ3v) is 6.63. The Bertz CT molecular complexity index is 475. The molecule has 2 rings (SSSR count). The first kappa shape index (κ1) is 11.9. The van der Waals surface area contributed by atoms with Crippen molar-refractivity contribution in [3.05, 3.63) is 42.2 Å². The van der Waals surface area contributed by atoms with E-state index in [0.29, 0.717) is 0 Å². The lowest BCUT2D eigenvalue weighted by molar-refractivity contribution is 1.28. The summed E-state index contributed by atoms with van der Waals surface area (Å²) in [7, 11) is 0. The van der Waals surface area contributed by atoms with Crippen LogP contribution in [0.15, 0.2) is 17.5 Å². The van der Waals surface area contributed by atoms with Gasteiger partial charge in [0.25, 0.3) is 0 Å². The fraction of sp³-hybridized carbons (Fsp3) is 0.200. The smallest absolute Gasteiger partial charge is 0.0931 e. The predicted molar refractivity (Wildman–Crippen MR) is 74.2 cm³/mol. The molecule has 0 aliphatic rings. The van der Waals surface area contributed by atoms with E-state index in [1.165, 1.54) is 4.88 Å². The third-order valence-electron chi connectivity index (χ3n) is 2.00. The molecule has 0 spiro atoms. The third kappa shape index (κ3) is 2.42. The van der Waals surface area contributed by atoms with E-state index in [-0.39, 0.29) is 4.83 Å². The SMILES string of the molecule is Cc1csc(C(Br)c2ccc(Cl)s2)c1Cl. The summed E-state index contributed by atoms with van der Waals surface area (Å²) in [6.07, 6.45) is 0. The van der Waals surface area contributed by atoms with Gasteiger partial charge in [-0.2, -0.15) is 0 Å². The average Bonchev–Trinajstić information content (AvgIpc) is 2.75. The molecule has 0 amide bonds. The summed E-state index contributed by atoms with van der Waals surface area (Å²) in [6.45, 7) is 2.02. The minimum Gasteiger partial charge on any atom is -0.145 e. The fourth-order valence-corrected chi connectivity index (χ4v) is 4.75. The van der Waals surface area contributed by atoms with Crippen LogP contribution >= 0.6 is 61.8 Å². The van der Waals surface area contributed by atoms with Crippen LogP contribution in [0.1, 0.15) is 20.1 Å². The van der Waals surface area contributed by atoms with E-state index in [4.69, 9.17) is 23.2 Å². The topological polar surface area (TPSA) is 0 Å². The van der Waals surface area contributed by atoms with Gasteiger partial charge in [-0.3, -0.25) is 0 Å². The molecule has 15 heavy (non-hydrogen) atoms. The zero-order valence-electron chi connectivity index (χ0n) is 7.76. The lowest BCUT2D eigenvalue weighted by Gasteiger charge is -2.05. The van der Waals surface area contributed by atoms with Gasteiger partial charge >= 0.3 is 0 Å². The van der Waals surface area contributed by atoms with E-state index in [9.17, 15) is 0 Å². The van der Waals surface area contributed by atoms with Crippen LogP contribution in [0.3, 0.4) is 0 Å². The van der Waals surface area contributed by atoms with Gasteiger partial charge < -0.3 is 0 Å². The number of thiophene rings is 2. The first-order valence-corrected chi connectivity index (χ1v) is 7.59. The first-order chi connectivity index (χ1) is 7.09. The van der Waals surface area contributed by atoms with Crippen molar-refractivity contribution in [2.45, 2.75) is 11.8 Å². The monoisotopic (exact) mass is 340 g/mol. The first-order valence-electron chi connectivity index (χ1n) is 4.22. The Morgan fingerprint density at radius 2 is 2.07 bits per heavy atom. The Morgan fingerprint density at radius 3 is 2.53 bits per heavy atom. The summed E-state index contributed by atoms with van der Waals surface area (Å²) in [5.41, 5.74) is 1.13. The van der Waals surface area contributed by atoms with Gasteiger partial charge in [0.2, 0.25) is 0 Å². The second-order valence-electron chi connectivity index (χ2n) is 3.10. The van der Waals surface area contributed by atoms with Crippen molar-refractivity contribution in [1.29, 1.82) is 0 Å². The van der Waals surface area contributed by atoms with Crippen LogP contribution in [-0.4, -0.2) is 0 Å². The zero-order valence-corrected chi connectivity index (χ0v) is 12.5. The molecule has 0 bridgehead atoms. The largest absolute Gasteiger partial charge is 0.145 e. The Balaban J connectivity index is 2.36. The number of aryl methyl sites for hydroxylation is 1. The summed E-state index contributed by atoms with van der Waals surface area (Å²) < 4.78 is 0.804. The predicted octanol–water partition coefficient (Wildman–Crippen LogP) is 5.91. The van der Waals surface area contributed by atoms with Gasteiger partial charge in [-0.15, -0.1) is 22.7 Å². The minimum absolute atomic E-state index is 0.154. The zero-order chi connectivity index (χ0) is 11.0. The van der Waals surface area contributed by atoms with Gasteiger partial charge in [0.15, 0.2) is 0 Å². The maximum absolute atomic E-state index is 6.21. The molecule has 5 heteroatoms. The lowest BCUT2D eigenvalue weighted by atomic mass is 10.2. The molecule has 0 saturated carbocycles. The molecular formula is C10H7BrCl2S2. The quantitative estimate of drug-likeness (QED) is 0.595. The number of hydrogen-bond donors (Lipinski definition) is 0. The second kappa shape index (κ2) is 4.76. The van der Waals surface area contributed by atoms with Crippen molar-refractivity contribution >= 4 is 61.8 Å². The fourth-order valence-electron chi connectivity index (χ4n) is 1.21. The summed E-state index contributed by atoms with van der Waals surface area (Å²) in [5.74, 6) is 0. The van der Waals surface area contributed by atoms with E-state index < -0.39 is 0 Å². The van der Waals surface area contributed by atoms with Crippen molar-refractivity contribution in [1.82, 2.24) is 0 Å². The van der Waals surface area contributed by atoms with E-state index >= 15 is 0 Å². The van der Waals surface area contributed by atoms with Crippen LogP contribution in [0, 0.1) is 6.92 Å². The van der Waals surface area contributed by atoms with Crippen LogP contribution in [0.25, 0.3) is 0 Å². The van der Waals surface area contributed by atoms with Crippen molar-refractivity contribution in [2.75, 3.05) is 0 Å². The highest BCUT2D eigenvalue weighted by Crippen LogP contribution is 2.43. The Kier molecular flexibility index (Phi) is 3.79. The molecule has 2 aromatic heterocycles. The summed E-state index contributed by atoms with van der Waals surface area (Å²) in [4.78, 5) is 2.48. The molecule has 0 radical (unpaired) electrons. The number of rotatable bonds is 2. The molecule has 0 aliphatic carbocycles. The number of halogens is 3. The van der Waals surface area contributed by atoms with Gasteiger partial charge in [0.05, 0.1) is 14.2 Å². The van der Waals surface area contributed by atoms with Crippen molar-refractivity contribution in [2.24, 2.45) is 0 Å². The molecule has 0 nitrogen and oxygen atoms in total. The molecule has 2 aromatic rings. The van der Waals surface area contributed by atoms with Crippen LogP contribution < -0.4 is 0 Å². The maximum Gasteiger partial charge on any atom is 0.0931 e. The number of hydrogen-bond acceptors (Lipinski definition) is 2. The lowest BCUT2D eigenvalue weighted by Crippen LogP contribution is -1.85. The van der Waals surface area contributed by atoms with E-state index in [1.54, 1.807) is 22.7 Å². The molecule has 0 N–H and O–H groups in total. The molecule has 2 heterocycles. The van der Waals surface area contributed by atoms with Crippen LogP contribution in [0.5, 0.6) is 0 Å². The minimum atomic E-state index is 0.154. The van der Waals surface area contributed by atoms with E-state index in [1.807, 2.05) is 19.1 Å². The maximum atomic E-state index is 6.21. The van der Waals surface area contributed by atoms with Gasteiger partial charge in [-0.25, -0.2) is 0 Å². The normalized spacial score (nSPS) is 13.1. The Morgan fingerprint density at radius 1 is 1.33 bits per heavy atom. The molecule has 80 valence electrons. The van der Waals surface area contributed by atoms with Gasteiger partial charge in [-0.05, 0) is 30.0 Å². The van der Waals surface area contributed by atoms with Crippen molar-refractivity contribution in [3.8, 4) is 0 Å². The molecule has 1 atom stereocenters. The highest BCUT2D eigenvalue weighted by Gasteiger charge is 2.18. The molecule has 0 saturated heterocycles. The Hall–Kier alpha value is 0.460. The second-order valence-corrected chi connectivity index (χ2v) is 7.05. The Labute approximate surface area is 115 Å². The van der Waals surface area contributed by atoms with Crippen LogP contribution in [0.2, 0.25) is 9.36 Å². The molecule has 0 aromatic carbocycles. The molecule has 0 aliphatic heterocycles. The highest BCUT2D eigenvalue weighted by atomic mass is 79.9. The molecule has 1 unspecified atom stereocenters. The standard InChI is InChI=1S/C10H7BrCl2S2/c1-5-4-14-10(9(5)13)8(11)6-2-3-7(12)15-6/h2-4,8H,1H3.